The highest BCUT2D eigenvalue weighted by atomic mass is 32.1. The molecule has 0 saturated carbocycles. The molecule has 0 aliphatic heterocycles. The van der Waals surface area contributed by atoms with E-state index in [0.29, 0.717) is 17.5 Å². The first-order valence-corrected chi connectivity index (χ1v) is 22.9. The van der Waals surface area contributed by atoms with Crippen molar-refractivity contribution in [2.45, 2.75) is 19.3 Å². The van der Waals surface area contributed by atoms with E-state index in [-0.39, 0.29) is 5.41 Å². The maximum absolute atomic E-state index is 6.61. The molecule has 13 rings (SSSR count). The zero-order valence-electron chi connectivity index (χ0n) is 35.7. The average molecular weight is 850 g/mol. The number of furan rings is 1. The monoisotopic (exact) mass is 849 g/mol. The van der Waals surface area contributed by atoms with Crippen molar-refractivity contribution in [3.05, 3.63) is 211 Å². The summed E-state index contributed by atoms with van der Waals surface area (Å²) >= 11 is 1.79. The molecule has 3 aromatic heterocycles. The number of rotatable bonds is 6. The minimum atomic E-state index is -0.0670. The summed E-state index contributed by atoms with van der Waals surface area (Å²) in [6, 6.07) is 71.3. The Morgan fingerprint density at radius 1 is 0.354 bits per heavy atom. The van der Waals surface area contributed by atoms with Crippen LogP contribution in [0.1, 0.15) is 25.0 Å². The Hall–Kier alpha value is -7.99. The van der Waals surface area contributed by atoms with Gasteiger partial charge in [-0.2, -0.15) is 0 Å². The lowest BCUT2D eigenvalue weighted by molar-refractivity contribution is 0.660. The van der Waals surface area contributed by atoms with E-state index in [1.165, 1.54) is 48.2 Å². The largest absolute Gasteiger partial charge is 0.456 e. The van der Waals surface area contributed by atoms with Crippen molar-refractivity contribution in [2.24, 2.45) is 0 Å². The molecule has 0 saturated heterocycles. The molecule has 306 valence electrons. The minimum absolute atomic E-state index is 0.0670. The normalized spacial score (nSPS) is 12.9. The molecule has 5 heteroatoms. The minimum Gasteiger partial charge on any atom is -0.456 e. The summed E-state index contributed by atoms with van der Waals surface area (Å²) < 4.78 is 9.04. The summed E-state index contributed by atoms with van der Waals surface area (Å²) in [6.45, 7) is 4.68. The maximum atomic E-state index is 6.61. The van der Waals surface area contributed by atoms with Crippen LogP contribution in [0.2, 0.25) is 0 Å². The van der Waals surface area contributed by atoms with Gasteiger partial charge in [-0.1, -0.05) is 166 Å². The highest BCUT2D eigenvalue weighted by Crippen LogP contribution is 2.50. The molecular weight excluding hydrogens is 811 g/mol. The Morgan fingerprint density at radius 3 is 1.74 bits per heavy atom. The number of nitrogens with zero attached hydrogens (tertiary/aromatic N) is 3. The SMILES string of the molecule is CC1(C)c2ccccc2-c2ccc(-c3cccc(-c4ccc5oc6cccc(-c7nc(-c8cccc(-c9ccccc9)c8)nc(-c8cccc9sc%10ccccc%10c89)n7)c6c5c4)c3)cc21. The number of benzene rings is 9. The van der Waals surface area contributed by atoms with Gasteiger partial charge < -0.3 is 4.42 Å². The smallest absolute Gasteiger partial charge is 0.164 e. The fraction of sp³-hybridized carbons (Fsp3) is 0.0500. The third-order valence-corrected chi connectivity index (χ3v) is 14.5. The molecule has 12 aromatic rings. The van der Waals surface area contributed by atoms with Crippen LogP contribution < -0.4 is 0 Å². The van der Waals surface area contributed by atoms with E-state index in [9.17, 15) is 0 Å². The van der Waals surface area contributed by atoms with Gasteiger partial charge in [-0.3, -0.25) is 0 Å². The number of hydrogen-bond donors (Lipinski definition) is 0. The van der Waals surface area contributed by atoms with Crippen LogP contribution >= 0.6 is 11.3 Å². The molecule has 0 atom stereocenters. The van der Waals surface area contributed by atoms with Crippen LogP contribution in [0.15, 0.2) is 205 Å². The molecule has 0 spiro atoms. The summed E-state index contributed by atoms with van der Waals surface area (Å²) in [5, 5.41) is 4.34. The first kappa shape index (κ1) is 37.6. The molecule has 3 heterocycles. The van der Waals surface area contributed by atoms with Gasteiger partial charge in [0.25, 0.3) is 0 Å². The molecule has 0 bridgehead atoms. The van der Waals surface area contributed by atoms with E-state index in [1.54, 1.807) is 11.3 Å². The van der Waals surface area contributed by atoms with Gasteiger partial charge in [0, 0.05) is 53.1 Å². The number of hydrogen-bond acceptors (Lipinski definition) is 5. The van der Waals surface area contributed by atoms with Crippen molar-refractivity contribution >= 4 is 53.4 Å². The van der Waals surface area contributed by atoms with Crippen molar-refractivity contribution in [1.82, 2.24) is 15.0 Å². The van der Waals surface area contributed by atoms with E-state index >= 15 is 0 Å². The molecule has 1 aliphatic carbocycles. The fourth-order valence-corrected chi connectivity index (χ4v) is 11.3. The predicted octanol–water partition coefficient (Wildman–Crippen LogP) is 16.4. The van der Waals surface area contributed by atoms with E-state index in [0.717, 1.165) is 66.3 Å². The zero-order valence-corrected chi connectivity index (χ0v) is 36.5. The van der Waals surface area contributed by atoms with E-state index in [4.69, 9.17) is 19.4 Å². The molecule has 9 aromatic carbocycles. The molecule has 65 heavy (non-hydrogen) atoms. The summed E-state index contributed by atoms with van der Waals surface area (Å²) in [5.41, 5.74) is 16.6. The summed E-state index contributed by atoms with van der Waals surface area (Å²) in [7, 11) is 0. The van der Waals surface area contributed by atoms with Crippen LogP contribution in [0.5, 0.6) is 0 Å². The quantitative estimate of drug-likeness (QED) is 0.167. The molecule has 0 N–H and O–H groups in total. The maximum Gasteiger partial charge on any atom is 0.164 e. The topological polar surface area (TPSA) is 51.8 Å². The Kier molecular flexibility index (Phi) is 8.39. The number of fused-ring (bicyclic) bond motifs is 9. The second kappa shape index (κ2) is 14.5. The lowest BCUT2D eigenvalue weighted by Gasteiger charge is -2.22. The van der Waals surface area contributed by atoms with Crippen LogP contribution in [0.25, 0.3) is 121 Å². The van der Waals surface area contributed by atoms with Crippen LogP contribution in [0, 0.1) is 0 Å². The van der Waals surface area contributed by atoms with Gasteiger partial charge in [0.05, 0.1) is 0 Å². The third kappa shape index (κ3) is 6.07. The molecule has 0 unspecified atom stereocenters. The van der Waals surface area contributed by atoms with Crippen molar-refractivity contribution in [3.8, 4) is 78.7 Å². The highest BCUT2D eigenvalue weighted by molar-refractivity contribution is 7.25. The molecule has 1 aliphatic rings. The third-order valence-electron chi connectivity index (χ3n) is 13.4. The van der Waals surface area contributed by atoms with Crippen molar-refractivity contribution in [1.29, 1.82) is 0 Å². The van der Waals surface area contributed by atoms with Crippen molar-refractivity contribution in [2.75, 3.05) is 0 Å². The summed E-state index contributed by atoms with van der Waals surface area (Å²) in [5.74, 6) is 1.83. The zero-order chi connectivity index (χ0) is 43.2. The standard InChI is InChI=1S/C60H39N3OS/c1-60(2)49-24-8-6-20-43(49)44-30-28-41(35-50(44)60)39-18-10-17-38(32-39)40-29-31-51-48(34-40)55-46(22-12-25-52(55)64-51)58-61-57(42-19-11-16-37(33-42)36-14-4-3-5-15-36)62-59(63-58)47-23-13-27-54-56(47)45-21-7-9-26-53(45)65-54/h3-35H,1-2H3. The Bertz CT molecular complexity index is 3880. The van der Waals surface area contributed by atoms with Crippen LogP contribution in [-0.2, 0) is 5.41 Å². The fourth-order valence-electron chi connectivity index (χ4n) is 10.1. The Morgan fingerprint density at radius 2 is 0.908 bits per heavy atom. The molecule has 0 fully saturated rings. The van der Waals surface area contributed by atoms with Gasteiger partial charge in [0.2, 0.25) is 0 Å². The number of thiophene rings is 1. The first-order valence-electron chi connectivity index (χ1n) is 22.1. The molecule has 4 nitrogen and oxygen atoms in total. The lowest BCUT2D eigenvalue weighted by Crippen LogP contribution is -2.14. The molecular formula is C60H39N3OS. The molecule has 0 amide bonds. The summed E-state index contributed by atoms with van der Waals surface area (Å²) in [6.07, 6.45) is 0. The van der Waals surface area contributed by atoms with Gasteiger partial charge in [0.1, 0.15) is 11.2 Å². The molecule has 0 radical (unpaired) electrons. The summed E-state index contributed by atoms with van der Waals surface area (Å²) in [4.78, 5) is 16.0. The van der Waals surface area contributed by atoms with Gasteiger partial charge in [0.15, 0.2) is 17.5 Å². The van der Waals surface area contributed by atoms with Gasteiger partial charge >= 0.3 is 0 Å². The second-order valence-electron chi connectivity index (χ2n) is 17.5. The van der Waals surface area contributed by atoms with Crippen LogP contribution in [-0.4, -0.2) is 15.0 Å². The Balaban J connectivity index is 0.966. The lowest BCUT2D eigenvalue weighted by atomic mass is 9.81. The predicted molar refractivity (Wildman–Crippen MR) is 270 cm³/mol. The highest BCUT2D eigenvalue weighted by Gasteiger charge is 2.35. The van der Waals surface area contributed by atoms with Gasteiger partial charge in [-0.25, -0.2) is 15.0 Å². The van der Waals surface area contributed by atoms with Crippen molar-refractivity contribution in [3.63, 3.8) is 0 Å². The van der Waals surface area contributed by atoms with Crippen LogP contribution in [0.3, 0.4) is 0 Å². The van der Waals surface area contributed by atoms with Gasteiger partial charge in [-0.05, 0) is 104 Å². The second-order valence-corrected chi connectivity index (χ2v) is 18.6. The Labute approximate surface area is 380 Å². The van der Waals surface area contributed by atoms with Gasteiger partial charge in [-0.15, -0.1) is 11.3 Å². The van der Waals surface area contributed by atoms with E-state index in [1.807, 2.05) is 18.2 Å². The van der Waals surface area contributed by atoms with Crippen molar-refractivity contribution < 1.29 is 4.42 Å². The van der Waals surface area contributed by atoms with Crippen LogP contribution in [0.4, 0.5) is 0 Å². The average Bonchev–Trinajstić information content (AvgIpc) is 4.01. The first-order chi connectivity index (χ1) is 31.9. The van der Waals surface area contributed by atoms with E-state index < -0.39 is 0 Å². The number of aromatic nitrogens is 3. The van der Waals surface area contributed by atoms with E-state index in [2.05, 4.69) is 196 Å².